The van der Waals surface area contributed by atoms with Gasteiger partial charge in [0, 0.05) is 73.1 Å². The number of thiophene rings is 2. The molecule has 0 aliphatic carbocycles. The molecule has 0 atom stereocenters. The van der Waals surface area contributed by atoms with Crippen molar-refractivity contribution < 1.29 is 8.83 Å². The number of fused-ring (bicyclic) bond motifs is 13. The Labute approximate surface area is 311 Å². The number of hydrogen-bond acceptors (Lipinski definition) is 5. The molecule has 0 saturated carbocycles. The molecule has 248 valence electrons. The molecule has 53 heavy (non-hydrogen) atoms. The fraction of sp³-hybridized carbons (Fsp3) is 0. The largest absolute Gasteiger partial charge is 0.455 e. The Morgan fingerprint density at radius 1 is 0.377 bits per heavy atom. The first-order chi connectivity index (χ1) is 26.3. The lowest BCUT2D eigenvalue weighted by molar-refractivity contribution is 0.669. The molecule has 4 heterocycles. The first-order valence-corrected chi connectivity index (χ1v) is 19.4. The SMILES string of the molecule is c1ccc2c(c1)oc1c(-c3ccc(N(c4cccc5c4oc4ccccc45)c4cccc5sc6ccc7c8ccccc8sc7c6c45)cc3)cccc12. The summed E-state index contributed by atoms with van der Waals surface area (Å²) in [6, 6.07) is 58.6. The predicted molar refractivity (Wildman–Crippen MR) is 227 cm³/mol. The molecule has 4 aromatic heterocycles. The second kappa shape index (κ2) is 11.1. The lowest BCUT2D eigenvalue weighted by atomic mass is 10.0. The van der Waals surface area contributed by atoms with E-state index in [1.54, 1.807) is 0 Å². The normalized spacial score (nSPS) is 12.2. The molecule has 0 saturated heterocycles. The summed E-state index contributed by atoms with van der Waals surface area (Å²) in [6.45, 7) is 0. The molecule has 0 unspecified atom stereocenters. The van der Waals surface area contributed by atoms with Crippen LogP contribution in [0.15, 0.2) is 173 Å². The van der Waals surface area contributed by atoms with Gasteiger partial charge in [-0.25, -0.2) is 0 Å². The molecule has 8 aromatic carbocycles. The molecular weight excluding hydrogens is 687 g/mol. The van der Waals surface area contributed by atoms with Gasteiger partial charge in [0.2, 0.25) is 0 Å². The molecule has 0 spiro atoms. The van der Waals surface area contributed by atoms with Crippen molar-refractivity contribution in [1.29, 1.82) is 0 Å². The molecular formula is C48H27NO2S2. The van der Waals surface area contributed by atoms with Crippen LogP contribution in [0.2, 0.25) is 0 Å². The molecule has 0 aliphatic heterocycles. The lowest BCUT2D eigenvalue weighted by Gasteiger charge is -2.26. The van der Waals surface area contributed by atoms with Gasteiger partial charge in [-0.05, 0) is 60.2 Å². The molecule has 0 radical (unpaired) electrons. The minimum Gasteiger partial charge on any atom is -0.455 e. The van der Waals surface area contributed by atoms with Crippen molar-refractivity contribution in [3.05, 3.63) is 164 Å². The maximum absolute atomic E-state index is 6.72. The predicted octanol–water partition coefficient (Wildman–Crippen LogP) is 15.4. The summed E-state index contributed by atoms with van der Waals surface area (Å²) in [4.78, 5) is 2.40. The van der Waals surface area contributed by atoms with Gasteiger partial charge in [0.1, 0.15) is 16.7 Å². The van der Waals surface area contributed by atoms with E-state index in [1.807, 2.05) is 40.9 Å². The topological polar surface area (TPSA) is 29.5 Å². The summed E-state index contributed by atoms with van der Waals surface area (Å²) in [7, 11) is 0. The summed E-state index contributed by atoms with van der Waals surface area (Å²) in [5.74, 6) is 0. The summed E-state index contributed by atoms with van der Waals surface area (Å²) in [5, 5.41) is 9.67. The van der Waals surface area contributed by atoms with Crippen LogP contribution in [0.4, 0.5) is 17.1 Å². The lowest BCUT2D eigenvalue weighted by Crippen LogP contribution is -2.10. The van der Waals surface area contributed by atoms with Crippen LogP contribution >= 0.6 is 22.7 Å². The highest BCUT2D eigenvalue weighted by Crippen LogP contribution is 2.51. The average molecular weight is 714 g/mol. The maximum atomic E-state index is 6.72. The zero-order valence-electron chi connectivity index (χ0n) is 28.2. The molecule has 0 bridgehead atoms. The van der Waals surface area contributed by atoms with Crippen LogP contribution in [0, 0.1) is 0 Å². The molecule has 3 nitrogen and oxygen atoms in total. The number of rotatable bonds is 4. The van der Waals surface area contributed by atoms with Crippen LogP contribution in [-0.2, 0) is 0 Å². The van der Waals surface area contributed by atoms with Crippen LogP contribution in [-0.4, -0.2) is 0 Å². The number of nitrogens with zero attached hydrogens (tertiary/aromatic N) is 1. The van der Waals surface area contributed by atoms with Gasteiger partial charge in [-0.3, -0.25) is 0 Å². The quantitative estimate of drug-likeness (QED) is 0.182. The van der Waals surface area contributed by atoms with E-state index in [0.717, 1.165) is 72.1 Å². The minimum absolute atomic E-state index is 0.869. The van der Waals surface area contributed by atoms with E-state index in [1.165, 1.54) is 40.3 Å². The highest BCUT2D eigenvalue weighted by atomic mass is 32.1. The second-order valence-electron chi connectivity index (χ2n) is 13.6. The van der Waals surface area contributed by atoms with Crippen LogP contribution in [0.1, 0.15) is 0 Å². The highest BCUT2D eigenvalue weighted by Gasteiger charge is 2.24. The maximum Gasteiger partial charge on any atom is 0.159 e. The van der Waals surface area contributed by atoms with Crippen LogP contribution in [0.3, 0.4) is 0 Å². The van der Waals surface area contributed by atoms with Gasteiger partial charge < -0.3 is 13.7 Å². The van der Waals surface area contributed by atoms with Crippen molar-refractivity contribution in [3.63, 3.8) is 0 Å². The van der Waals surface area contributed by atoms with Gasteiger partial charge in [-0.2, -0.15) is 0 Å². The first-order valence-electron chi connectivity index (χ1n) is 17.7. The number of para-hydroxylation sites is 4. The summed E-state index contributed by atoms with van der Waals surface area (Å²) in [5.41, 5.74) is 8.92. The Hall–Kier alpha value is -6.40. The second-order valence-corrected chi connectivity index (χ2v) is 15.7. The van der Waals surface area contributed by atoms with Crippen molar-refractivity contribution >= 4 is 124 Å². The van der Waals surface area contributed by atoms with E-state index in [2.05, 4.69) is 150 Å². The third kappa shape index (κ3) is 4.20. The summed E-state index contributed by atoms with van der Waals surface area (Å²) < 4.78 is 18.4. The third-order valence-electron chi connectivity index (χ3n) is 10.7. The smallest absolute Gasteiger partial charge is 0.159 e. The Bertz CT molecular complexity index is 3420. The zero-order chi connectivity index (χ0) is 34.6. The van der Waals surface area contributed by atoms with E-state index < -0.39 is 0 Å². The Morgan fingerprint density at radius 3 is 1.79 bits per heavy atom. The molecule has 12 rings (SSSR count). The fourth-order valence-electron chi connectivity index (χ4n) is 8.33. The molecule has 12 aromatic rings. The standard InChI is InChI=1S/C48H27NO2S2/c1-4-18-39-31(10-1)34-14-7-13-30(46(34)50-39)28-22-24-29(25-23-28)49(38-17-8-15-35-32-11-2-5-19-40(32)51-47(35)38)37-16-9-21-42-44(37)45-43(52-42)27-26-36-33-12-3-6-20-41(33)53-48(36)45/h1-27H. The third-order valence-corrected chi connectivity index (χ3v) is 13.0. The van der Waals surface area contributed by atoms with E-state index in [-0.39, 0.29) is 0 Å². The van der Waals surface area contributed by atoms with Gasteiger partial charge >= 0.3 is 0 Å². The Kier molecular flexibility index (Phi) is 6.09. The molecule has 0 amide bonds. The highest BCUT2D eigenvalue weighted by molar-refractivity contribution is 7.29. The number of hydrogen-bond donors (Lipinski definition) is 0. The average Bonchev–Trinajstić information content (AvgIpc) is 3.98. The van der Waals surface area contributed by atoms with E-state index in [0.29, 0.717) is 0 Å². The van der Waals surface area contributed by atoms with Crippen LogP contribution in [0.25, 0.3) is 95.3 Å². The van der Waals surface area contributed by atoms with E-state index >= 15 is 0 Å². The van der Waals surface area contributed by atoms with Gasteiger partial charge in [0.05, 0.1) is 11.4 Å². The fourth-order valence-corrected chi connectivity index (χ4v) is 10.8. The van der Waals surface area contributed by atoms with Gasteiger partial charge in [0.15, 0.2) is 5.58 Å². The molecule has 0 aliphatic rings. The van der Waals surface area contributed by atoms with Crippen molar-refractivity contribution in [2.24, 2.45) is 0 Å². The van der Waals surface area contributed by atoms with Crippen LogP contribution < -0.4 is 4.90 Å². The number of furan rings is 2. The Balaban J connectivity index is 1.13. The van der Waals surface area contributed by atoms with Crippen LogP contribution in [0.5, 0.6) is 0 Å². The Morgan fingerprint density at radius 2 is 0.981 bits per heavy atom. The molecule has 5 heteroatoms. The summed E-state index contributed by atoms with van der Waals surface area (Å²) in [6.07, 6.45) is 0. The summed E-state index contributed by atoms with van der Waals surface area (Å²) >= 11 is 3.76. The molecule has 0 fully saturated rings. The van der Waals surface area contributed by atoms with Gasteiger partial charge in [-0.15, -0.1) is 22.7 Å². The number of benzene rings is 8. The molecule has 0 N–H and O–H groups in total. The van der Waals surface area contributed by atoms with E-state index in [9.17, 15) is 0 Å². The minimum atomic E-state index is 0.869. The first kappa shape index (κ1) is 29.2. The van der Waals surface area contributed by atoms with Gasteiger partial charge in [-0.1, -0.05) is 109 Å². The zero-order valence-corrected chi connectivity index (χ0v) is 29.8. The van der Waals surface area contributed by atoms with E-state index in [4.69, 9.17) is 8.83 Å². The monoisotopic (exact) mass is 713 g/mol. The van der Waals surface area contributed by atoms with Crippen molar-refractivity contribution in [1.82, 2.24) is 0 Å². The van der Waals surface area contributed by atoms with Crippen molar-refractivity contribution in [3.8, 4) is 11.1 Å². The van der Waals surface area contributed by atoms with Gasteiger partial charge in [0.25, 0.3) is 0 Å². The van der Waals surface area contributed by atoms with Crippen molar-refractivity contribution in [2.45, 2.75) is 0 Å². The number of anilines is 3. The van der Waals surface area contributed by atoms with Crippen molar-refractivity contribution in [2.75, 3.05) is 4.90 Å².